The summed E-state index contributed by atoms with van der Waals surface area (Å²) in [6.45, 7) is 1.27. The highest BCUT2D eigenvalue weighted by molar-refractivity contribution is 6.31. The maximum absolute atomic E-state index is 13.7. The van der Waals surface area contributed by atoms with Crippen molar-refractivity contribution in [3.63, 3.8) is 0 Å². The van der Waals surface area contributed by atoms with E-state index in [1.807, 2.05) is 12.1 Å². The standard InChI is InChI=1S/C27H28ClN3O4/c28-18-8-11-21-22(12-18)29-26(35)27(21)13-20-23(31(27)14-16-4-2-1-3-5-16)15-30(24(20)32)19-9-6-17(7-10-19)25(33)34/h6-12,16,20,23H,1-5,13-15H2,(H,29,35)(H,33,34)/t20?,23-,27-/m1/s1. The first-order valence-electron chi connectivity index (χ1n) is 12.4. The van der Waals surface area contributed by atoms with Crippen molar-refractivity contribution in [1.82, 2.24) is 4.90 Å². The Labute approximate surface area is 209 Å². The van der Waals surface area contributed by atoms with E-state index in [1.54, 1.807) is 23.1 Å². The number of likely N-dealkylation sites (tertiary alicyclic amines) is 1. The van der Waals surface area contributed by atoms with Crippen LogP contribution in [0.1, 0.15) is 54.4 Å². The molecule has 8 heteroatoms. The molecule has 1 spiro atoms. The van der Waals surface area contributed by atoms with Gasteiger partial charge in [-0.3, -0.25) is 14.5 Å². The Bertz CT molecular complexity index is 1210. The first-order valence-corrected chi connectivity index (χ1v) is 12.8. The first kappa shape index (κ1) is 22.6. The maximum Gasteiger partial charge on any atom is 0.335 e. The third-order valence-electron chi connectivity index (χ3n) is 8.48. The number of fused-ring (bicyclic) bond motifs is 3. The fourth-order valence-electron chi connectivity index (χ4n) is 6.80. The van der Waals surface area contributed by atoms with E-state index >= 15 is 0 Å². The molecular formula is C27H28ClN3O4. The average Bonchev–Trinajstić information content (AvgIpc) is 3.44. The number of nitrogens with one attached hydrogen (secondary N) is 1. The summed E-state index contributed by atoms with van der Waals surface area (Å²) in [4.78, 5) is 42.7. The Morgan fingerprint density at radius 3 is 2.54 bits per heavy atom. The van der Waals surface area contributed by atoms with Gasteiger partial charge in [-0.1, -0.05) is 36.9 Å². The normalized spacial score (nSPS) is 28.4. The van der Waals surface area contributed by atoms with Gasteiger partial charge >= 0.3 is 5.97 Å². The number of hydrogen-bond acceptors (Lipinski definition) is 4. The topological polar surface area (TPSA) is 89.9 Å². The van der Waals surface area contributed by atoms with E-state index in [0.29, 0.717) is 29.6 Å². The van der Waals surface area contributed by atoms with Crippen molar-refractivity contribution in [3.8, 4) is 0 Å². The van der Waals surface area contributed by atoms with Crippen molar-refractivity contribution in [2.24, 2.45) is 11.8 Å². The van der Waals surface area contributed by atoms with E-state index < -0.39 is 11.5 Å². The van der Waals surface area contributed by atoms with E-state index in [9.17, 15) is 19.5 Å². The van der Waals surface area contributed by atoms with Gasteiger partial charge in [-0.15, -0.1) is 0 Å². The zero-order chi connectivity index (χ0) is 24.3. The zero-order valence-electron chi connectivity index (χ0n) is 19.4. The molecule has 3 atom stereocenters. The maximum atomic E-state index is 13.7. The zero-order valence-corrected chi connectivity index (χ0v) is 20.1. The molecule has 182 valence electrons. The molecule has 3 fully saturated rings. The molecule has 2 aromatic rings. The van der Waals surface area contributed by atoms with E-state index in [-0.39, 0.29) is 29.3 Å². The van der Waals surface area contributed by atoms with Crippen molar-refractivity contribution in [1.29, 1.82) is 0 Å². The van der Waals surface area contributed by atoms with Crippen molar-refractivity contribution >= 4 is 40.8 Å². The number of carbonyl (C=O) groups excluding carboxylic acids is 2. The van der Waals surface area contributed by atoms with Crippen molar-refractivity contribution < 1.29 is 19.5 Å². The Morgan fingerprint density at radius 2 is 1.83 bits per heavy atom. The number of rotatable bonds is 4. The highest BCUT2D eigenvalue weighted by atomic mass is 35.5. The predicted octanol–water partition coefficient (Wildman–Crippen LogP) is 4.50. The molecule has 1 saturated carbocycles. The van der Waals surface area contributed by atoms with Gasteiger partial charge in [-0.05, 0) is 61.6 Å². The molecule has 6 rings (SSSR count). The van der Waals surface area contributed by atoms with Gasteiger partial charge in [0.1, 0.15) is 5.54 Å². The second kappa shape index (κ2) is 8.35. The molecule has 2 aromatic carbocycles. The molecule has 0 bridgehead atoms. The molecule has 7 nitrogen and oxygen atoms in total. The molecule has 4 aliphatic rings. The van der Waals surface area contributed by atoms with Crippen LogP contribution in [0, 0.1) is 11.8 Å². The molecule has 2 saturated heterocycles. The second-order valence-corrected chi connectivity index (χ2v) is 10.8. The molecule has 2 amide bonds. The smallest absolute Gasteiger partial charge is 0.335 e. The average molecular weight is 494 g/mol. The van der Waals surface area contributed by atoms with E-state index in [4.69, 9.17) is 11.6 Å². The van der Waals surface area contributed by atoms with Gasteiger partial charge in [-0.2, -0.15) is 0 Å². The fourth-order valence-corrected chi connectivity index (χ4v) is 6.97. The molecule has 3 aliphatic heterocycles. The largest absolute Gasteiger partial charge is 0.478 e. The lowest BCUT2D eigenvalue weighted by Crippen LogP contribution is -2.53. The van der Waals surface area contributed by atoms with Gasteiger partial charge in [0.25, 0.3) is 0 Å². The number of benzene rings is 2. The van der Waals surface area contributed by atoms with Gasteiger partial charge in [0.05, 0.1) is 11.5 Å². The lowest BCUT2D eigenvalue weighted by atomic mass is 9.84. The first-order chi connectivity index (χ1) is 16.9. The predicted molar refractivity (Wildman–Crippen MR) is 133 cm³/mol. The van der Waals surface area contributed by atoms with Crippen molar-refractivity contribution in [2.75, 3.05) is 23.3 Å². The van der Waals surface area contributed by atoms with E-state index in [0.717, 1.165) is 30.6 Å². The number of anilines is 2. The quantitative estimate of drug-likeness (QED) is 0.654. The summed E-state index contributed by atoms with van der Waals surface area (Å²) in [5, 5.41) is 12.9. The minimum Gasteiger partial charge on any atom is -0.478 e. The lowest BCUT2D eigenvalue weighted by Gasteiger charge is -2.40. The Kier molecular flexibility index (Phi) is 5.38. The van der Waals surface area contributed by atoms with Gasteiger partial charge in [-0.25, -0.2) is 4.79 Å². The minimum absolute atomic E-state index is 0.00110. The molecule has 0 aromatic heterocycles. The molecule has 1 aliphatic carbocycles. The summed E-state index contributed by atoms with van der Waals surface area (Å²) in [5.74, 6) is -0.857. The summed E-state index contributed by atoms with van der Waals surface area (Å²) >= 11 is 6.23. The highest BCUT2D eigenvalue weighted by Gasteiger charge is 2.64. The van der Waals surface area contributed by atoms with Gasteiger partial charge < -0.3 is 15.3 Å². The minimum atomic E-state index is -0.993. The third-order valence-corrected chi connectivity index (χ3v) is 8.71. The van der Waals surface area contributed by atoms with E-state index in [1.165, 1.54) is 31.4 Å². The second-order valence-electron chi connectivity index (χ2n) is 10.3. The number of carbonyl (C=O) groups is 3. The van der Waals surface area contributed by atoms with Crippen LogP contribution in [-0.2, 0) is 15.1 Å². The monoisotopic (exact) mass is 493 g/mol. The lowest BCUT2D eigenvalue weighted by molar-refractivity contribution is -0.127. The number of halogens is 1. The van der Waals surface area contributed by atoms with Crippen LogP contribution in [0.3, 0.4) is 0 Å². The Balaban J connectivity index is 1.37. The summed E-state index contributed by atoms with van der Waals surface area (Å²) < 4.78 is 0. The van der Waals surface area contributed by atoms with Crippen LogP contribution >= 0.6 is 11.6 Å². The summed E-state index contributed by atoms with van der Waals surface area (Å²) in [6, 6.07) is 11.9. The number of amides is 2. The summed E-state index contributed by atoms with van der Waals surface area (Å²) in [7, 11) is 0. The molecule has 2 N–H and O–H groups in total. The molecule has 35 heavy (non-hydrogen) atoms. The fraction of sp³-hybridized carbons (Fsp3) is 0.444. The van der Waals surface area contributed by atoms with Gasteiger partial charge in [0.2, 0.25) is 11.8 Å². The van der Waals surface area contributed by atoms with Crippen molar-refractivity contribution in [3.05, 3.63) is 58.6 Å². The van der Waals surface area contributed by atoms with Crippen LogP contribution in [0.25, 0.3) is 0 Å². The van der Waals surface area contributed by atoms with Gasteiger partial charge in [0.15, 0.2) is 0 Å². The van der Waals surface area contributed by atoms with Crippen molar-refractivity contribution in [2.45, 2.75) is 50.1 Å². The number of carboxylic acid groups (broad SMARTS) is 1. The molecule has 1 unspecified atom stereocenters. The molecule has 3 heterocycles. The summed E-state index contributed by atoms with van der Waals surface area (Å²) in [5.41, 5.74) is 1.69. The van der Waals surface area contributed by atoms with Gasteiger partial charge in [0, 0.05) is 41.1 Å². The van der Waals surface area contributed by atoms with E-state index in [2.05, 4.69) is 10.2 Å². The van der Waals surface area contributed by atoms with Crippen LogP contribution in [0.15, 0.2) is 42.5 Å². The van der Waals surface area contributed by atoms with Crippen LogP contribution in [0.2, 0.25) is 5.02 Å². The number of aromatic carboxylic acids is 1. The third kappa shape index (κ3) is 3.47. The Hall–Kier alpha value is -2.90. The molecular weight excluding hydrogens is 466 g/mol. The number of nitrogens with zero attached hydrogens (tertiary/aromatic N) is 2. The van der Waals surface area contributed by atoms with Crippen LogP contribution in [0.4, 0.5) is 11.4 Å². The number of hydrogen-bond donors (Lipinski definition) is 2. The summed E-state index contributed by atoms with van der Waals surface area (Å²) in [6.07, 6.45) is 6.40. The highest BCUT2D eigenvalue weighted by Crippen LogP contribution is 2.55. The SMILES string of the molecule is O=C(O)c1ccc(N2C[C@@H]3C(C[C@@]4(C(=O)Nc5cc(Cl)ccc54)N3CC3CCCCC3)C2=O)cc1. The van der Waals surface area contributed by atoms with Crippen LogP contribution in [-0.4, -0.2) is 46.9 Å². The van der Waals surface area contributed by atoms with Crippen LogP contribution < -0.4 is 10.2 Å². The Morgan fingerprint density at radius 1 is 1.09 bits per heavy atom. The molecule has 0 radical (unpaired) electrons. The van der Waals surface area contributed by atoms with Crippen LogP contribution in [0.5, 0.6) is 0 Å². The number of carboxylic acids is 1.